The minimum atomic E-state index is -0.385. The molecule has 0 saturated heterocycles. The molecular weight excluding hydrogens is 236 g/mol. The zero-order chi connectivity index (χ0) is 12.0. The normalized spacial score (nSPS) is 19.3. The lowest BCUT2D eigenvalue weighted by molar-refractivity contribution is 0.108. The number of para-hydroxylation sites is 1. The van der Waals surface area contributed by atoms with Gasteiger partial charge >= 0.3 is 0 Å². The van der Waals surface area contributed by atoms with Gasteiger partial charge in [-0.2, -0.15) is 0 Å². The maximum absolute atomic E-state index is 11.6. The van der Waals surface area contributed by atoms with Crippen LogP contribution in [0, 0.1) is 0 Å². The SMILES string of the molecule is NC1CCn2c(c(C(=O)Cl)c3ccccc32)C1. The van der Waals surface area contributed by atoms with Crippen molar-refractivity contribution in [3.05, 3.63) is 35.5 Å². The molecule has 2 aromatic rings. The molecule has 2 N–H and O–H groups in total. The van der Waals surface area contributed by atoms with E-state index in [9.17, 15) is 4.79 Å². The van der Waals surface area contributed by atoms with Gasteiger partial charge in [0, 0.05) is 35.6 Å². The molecule has 1 aromatic carbocycles. The molecule has 88 valence electrons. The van der Waals surface area contributed by atoms with Gasteiger partial charge in [-0.3, -0.25) is 4.79 Å². The van der Waals surface area contributed by atoms with Crippen LogP contribution in [0.4, 0.5) is 0 Å². The second-order valence-corrected chi connectivity index (χ2v) is 4.86. The van der Waals surface area contributed by atoms with Gasteiger partial charge in [-0.1, -0.05) is 18.2 Å². The van der Waals surface area contributed by atoms with Crippen molar-refractivity contribution < 1.29 is 4.79 Å². The Morgan fingerprint density at radius 1 is 1.41 bits per heavy atom. The van der Waals surface area contributed by atoms with Gasteiger partial charge in [-0.15, -0.1) is 0 Å². The van der Waals surface area contributed by atoms with Crippen LogP contribution in [0.5, 0.6) is 0 Å². The number of aryl methyl sites for hydroxylation is 1. The fourth-order valence-electron chi connectivity index (χ4n) is 2.69. The minimum absolute atomic E-state index is 0.126. The van der Waals surface area contributed by atoms with Crippen LogP contribution in [-0.4, -0.2) is 15.9 Å². The van der Waals surface area contributed by atoms with Gasteiger partial charge in [0.2, 0.25) is 0 Å². The smallest absolute Gasteiger partial charge is 0.254 e. The second kappa shape index (κ2) is 3.86. The van der Waals surface area contributed by atoms with Gasteiger partial charge in [0.25, 0.3) is 5.24 Å². The van der Waals surface area contributed by atoms with E-state index in [-0.39, 0.29) is 11.3 Å². The van der Waals surface area contributed by atoms with E-state index in [0.29, 0.717) is 5.56 Å². The molecule has 0 fully saturated rings. The third kappa shape index (κ3) is 1.58. The third-order valence-electron chi connectivity index (χ3n) is 3.45. The summed E-state index contributed by atoms with van der Waals surface area (Å²) in [5.41, 5.74) is 8.68. The summed E-state index contributed by atoms with van der Waals surface area (Å²) in [6.07, 6.45) is 1.67. The van der Waals surface area contributed by atoms with Crippen LogP contribution in [0.15, 0.2) is 24.3 Å². The lowest BCUT2D eigenvalue weighted by atomic mass is 10.0. The van der Waals surface area contributed by atoms with Crippen molar-refractivity contribution in [2.75, 3.05) is 0 Å². The quantitative estimate of drug-likeness (QED) is 0.788. The molecule has 4 heteroatoms. The van der Waals surface area contributed by atoms with E-state index in [1.807, 2.05) is 24.3 Å². The Kier molecular flexibility index (Phi) is 2.45. The Bertz CT molecular complexity index is 603. The number of rotatable bonds is 1. The first-order chi connectivity index (χ1) is 8.18. The average Bonchev–Trinajstić information content (AvgIpc) is 2.62. The first kappa shape index (κ1) is 10.8. The fourth-order valence-corrected chi connectivity index (χ4v) is 2.90. The molecule has 1 aromatic heterocycles. The van der Waals surface area contributed by atoms with Gasteiger partial charge < -0.3 is 10.3 Å². The van der Waals surface area contributed by atoms with E-state index in [1.165, 1.54) is 0 Å². The molecule has 0 aliphatic carbocycles. The van der Waals surface area contributed by atoms with Gasteiger partial charge in [0.1, 0.15) is 0 Å². The van der Waals surface area contributed by atoms with Gasteiger partial charge in [0.05, 0.1) is 5.56 Å². The summed E-state index contributed by atoms with van der Waals surface area (Å²) in [6.45, 7) is 0.862. The minimum Gasteiger partial charge on any atom is -0.344 e. The predicted molar refractivity (Wildman–Crippen MR) is 68.4 cm³/mol. The molecule has 2 heterocycles. The third-order valence-corrected chi connectivity index (χ3v) is 3.64. The first-order valence-electron chi connectivity index (χ1n) is 5.74. The van der Waals surface area contributed by atoms with Gasteiger partial charge in [-0.25, -0.2) is 0 Å². The molecule has 0 bridgehead atoms. The molecule has 0 amide bonds. The number of carbonyl (C=O) groups excluding carboxylic acids is 1. The Morgan fingerprint density at radius 2 is 2.18 bits per heavy atom. The molecule has 1 aliphatic rings. The molecule has 17 heavy (non-hydrogen) atoms. The zero-order valence-electron chi connectivity index (χ0n) is 9.32. The van der Waals surface area contributed by atoms with E-state index in [1.54, 1.807) is 0 Å². The van der Waals surface area contributed by atoms with Crippen LogP contribution in [0.25, 0.3) is 10.9 Å². The Balaban J connectivity index is 2.36. The molecule has 0 saturated carbocycles. The number of fused-ring (bicyclic) bond motifs is 3. The van der Waals surface area contributed by atoms with E-state index >= 15 is 0 Å². The molecular formula is C13H13ClN2O. The number of carbonyl (C=O) groups is 1. The summed E-state index contributed by atoms with van der Waals surface area (Å²) in [7, 11) is 0. The molecule has 1 aliphatic heterocycles. The second-order valence-electron chi connectivity index (χ2n) is 4.52. The summed E-state index contributed by atoms with van der Waals surface area (Å²) in [5.74, 6) is 0. The molecule has 3 nitrogen and oxygen atoms in total. The van der Waals surface area contributed by atoms with Crippen LogP contribution >= 0.6 is 11.6 Å². The van der Waals surface area contributed by atoms with Crippen molar-refractivity contribution in [3.8, 4) is 0 Å². The number of aromatic nitrogens is 1. The highest BCUT2D eigenvalue weighted by Gasteiger charge is 2.25. The predicted octanol–water partition coefficient (Wildman–Crippen LogP) is 2.29. The van der Waals surface area contributed by atoms with Crippen LogP contribution in [0.3, 0.4) is 0 Å². The number of benzene rings is 1. The van der Waals surface area contributed by atoms with Crippen molar-refractivity contribution in [2.24, 2.45) is 5.73 Å². The lowest BCUT2D eigenvalue weighted by Gasteiger charge is -2.22. The number of hydrogen-bond donors (Lipinski definition) is 1. The maximum atomic E-state index is 11.6. The zero-order valence-corrected chi connectivity index (χ0v) is 10.1. The summed E-state index contributed by atoms with van der Waals surface area (Å²) in [5, 5.41) is 0.556. The van der Waals surface area contributed by atoms with Crippen molar-refractivity contribution in [3.63, 3.8) is 0 Å². The Labute approximate surface area is 104 Å². The number of halogens is 1. The molecule has 3 rings (SSSR count). The number of nitrogens with two attached hydrogens (primary N) is 1. The lowest BCUT2D eigenvalue weighted by Crippen LogP contribution is -2.31. The monoisotopic (exact) mass is 248 g/mol. The van der Waals surface area contributed by atoms with Crippen LogP contribution in [0.1, 0.15) is 22.5 Å². The van der Waals surface area contributed by atoms with Gasteiger partial charge in [0.15, 0.2) is 0 Å². The van der Waals surface area contributed by atoms with E-state index < -0.39 is 0 Å². The summed E-state index contributed by atoms with van der Waals surface area (Å²) in [4.78, 5) is 11.6. The first-order valence-corrected chi connectivity index (χ1v) is 6.12. The fraction of sp³-hybridized carbons (Fsp3) is 0.308. The van der Waals surface area contributed by atoms with E-state index in [4.69, 9.17) is 17.3 Å². The van der Waals surface area contributed by atoms with Crippen molar-refractivity contribution in [1.29, 1.82) is 0 Å². The van der Waals surface area contributed by atoms with Crippen LogP contribution < -0.4 is 5.73 Å². The van der Waals surface area contributed by atoms with E-state index in [2.05, 4.69) is 4.57 Å². The van der Waals surface area contributed by atoms with Crippen molar-refractivity contribution in [2.45, 2.75) is 25.4 Å². The summed E-state index contributed by atoms with van der Waals surface area (Å²) >= 11 is 5.72. The standard InChI is InChI=1S/C13H13ClN2O/c14-13(17)12-9-3-1-2-4-10(9)16-6-5-8(15)7-11(12)16/h1-4,8H,5-7,15H2. The highest BCUT2D eigenvalue weighted by Crippen LogP contribution is 2.31. The molecule has 0 spiro atoms. The largest absolute Gasteiger partial charge is 0.344 e. The Morgan fingerprint density at radius 3 is 2.94 bits per heavy atom. The van der Waals surface area contributed by atoms with Gasteiger partial charge in [-0.05, 0) is 24.1 Å². The molecule has 1 atom stereocenters. The highest BCUT2D eigenvalue weighted by atomic mass is 35.5. The summed E-state index contributed by atoms with van der Waals surface area (Å²) < 4.78 is 2.17. The summed E-state index contributed by atoms with van der Waals surface area (Å²) in [6, 6.07) is 8.01. The van der Waals surface area contributed by atoms with Crippen LogP contribution in [0.2, 0.25) is 0 Å². The van der Waals surface area contributed by atoms with Crippen molar-refractivity contribution >= 4 is 27.7 Å². The van der Waals surface area contributed by atoms with Crippen molar-refractivity contribution in [1.82, 2.24) is 4.57 Å². The van der Waals surface area contributed by atoms with Crippen LogP contribution in [-0.2, 0) is 13.0 Å². The van der Waals surface area contributed by atoms with E-state index in [0.717, 1.165) is 36.0 Å². The maximum Gasteiger partial charge on any atom is 0.254 e. The molecule has 1 unspecified atom stereocenters. The Hall–Kier alpha value is -1.32. The topological polar surface area (TPSA) is 48.0 Å². The number of hydrogen-bond acceptors (Lipinski definition) is 2. The molecule has 0 radical (unpaired) electrons. The average molecular weight is 249 g/mol. The number of nitrogens with zero attached hydrogens (tertiary/aromatic N) is 1. The highest BCUT2D eigenvalue weighted by molar-refractivity contribution is 6.68.